The molecule has 11 heteroatoms. The predicted octanol–water partition coefficient (Wildman–Crippen LogP) is 4.65. The van der Waals surface area contributed by atoms with E-state index >= 15 is 0 Å². The standard InChI is InChI=1S/C24H39FNO8P/c1-6-9-31-18-11-16-19(23(16,25)20(27)28)24(18,26)35-22(30)33-14(5)32-21(29)34-17-10-13(4)7-8-15(17)12(2)3/h12-19,35H,6-11,26H2,1-5H3,(H,27,28)/t13-,14+,15+,16-,17-,18-,19+,23-,24-/m1/s1. The van der Waals surface area contributed by atoms with Crippen LogP contribution < -0.4 is 5.73 Å². The summed E-state index contributed by atoms with van der Waals surface area (Å²) in [6.07, 6.45) is 0.538. The van der Waals surface area contributed by atoms with Crippen LogP contribution in [0, 0.1) is 29.6 Å². The van der Waals surface area contributed by atoms with Crippen LogP contribution >= 0.6 is 8.58 Å². The first kappa shape index (κ1) is 28.1. The molecule has 10 atom stereocenters. The zero-order valence-electron chi connectivity index (χ0n) is 21.1. The van der Waals surface area contributed by atoms with Gasteiger partial charge in [0.25, 0.3) is 0 Å². The molecular weight excluding hydrogens is 480 g/mol. The van der Waals surface area contributed by atoms with E-state index in [4.69, 9.17) is 24.7 Å². The molecule has 0 aromatic heterocycles. The number of hydrogen-bond acceptors (Lipinski definition) is 8. The van der Waals surface area contributed by atoms with Crippen LogP contribution in [0.3, 0.4) is 0 Å². The molecule has 1 unspecified atom stereocenters. The third-order valence-electron chi connectivity index (χ3n) is 7.71. The fraction of sp³-hybridized carbons (Fsp3) is 0.875. The largest absolute Gasteiger partial charge is 0.511 e. The van der Waals surface area contributed by atoms with Crippen LogP contribution in [0.15, 0.2) is 0 Å². The summed E-state index contributed by atoms with van der Waals surface area (Å²) in [6, 6.07) is 0. The van der Waals surface area contributed by atoms with E-state index in [1.165, 1.54) is 6.92 Å². The Morgan fingerprint density at radius 1 is 1.17 bits per heavy atom. The SMILES string of the molecule is CCCO[C@@H]1C[C@@H]2[C@H]([C@]1(N)PC(=O)O[C@@H](C)OC(=O)O[C@@H]1C[C@H](C)CC[C@H]1C(C)C)[C@@]2(F)C(=O)O. The van der Waals surface area contributed by atoms with Crippen molar-refractivity contribution in [3.8, 4) is 0 Å². The minimum Gasteiger partial charge on any atom is -0.479 e. The Balaban J connectivity index is 1.56. The molecule has 0 aromatic rings. The highest BCUT2D eigenvalue weighted by Crippen LogP contribution is 2.71. The van der Waals surface area contributed by atoms with E-state index in [2.05, 4.69) is 20.8 Å². The number of hydrogen-bond donors (Lipinski definition) is 2. The highest BCUT2D eigenvalue weighted by molar-refractivity contribution is 7.58. The number of carboxylic acid groups (broad SMARTS) is 1. The van der Waals surface area contributed by atoms with Crippen molar-refractivity contribution in [1.82, 2.24) is 0 Å². The van der Waals surface area contributed by atoms with Gasteiger partial charge in [-0.2, -0.15) is 0 Å². The first-order valence-electron chi connectivity index (χ1n) is 12.5. The maximum absolute atomic E-state index is 15.0. The summed E-state index contributed by atoms with van der Waals surface area (Å²) in [4.78, 5) is 36.6. The molecular formula is C24H39FNO8P. The molecule has 3 saturated carbocycles. The number of nitrogens with two attached hydrogens (primary N) is 1. The summed E-state index contributed by atoms with van der Waals surface area (Å²) < 4.78 is 36.7. The van der Waals surface area contributed by atoms with E-state index in [9.17, 15) is 23.9 Å². The first-order valence-corrected chi connectivity index (χ1v) is 13.5. The molecule has 0 saturated heterocycles. The van der Waals surface area contributed by atoms with E-state index < -0.39 is 61.6 Å². The molecule has 3 rings (SSSR count). The van der Waals surface area contributed by atoms with Crippen molar-refractivity contribution < 1.29 is 42.8 Å². The quantitative estimate of drug-likeness (QED) is 0.240. The lowest BCUT2D eigenvalue weighted by Crippen LogP contribution is -2.52. The average molecular weight is 520 g/mol. The van der Waals surface area contributed by atoms with Gasteiger partial charge in [-0.1, -0.05) is 34.1 Å². The van der Waals surface area contributed by atoms with Crippen LogP contribution in [-0.4, -0.2) is 59.0 Å². The zero-order chi connectivity index (χ0) is 26.1. The second-order valence-corrected chi connectivity index (χ2v) is 12.2. The molecule has 3 fully saturated rings. The number of carboxylic acids is 1. The normalized spacial score (nSPS) is 39.3. The first-order chi connectivity index (χ1) is 16.3. The van der Waals surface area contributed by atoms with E-state index in [0.29, 0.717) is 24.9 Å². The molecule has 0 radical (unpaired) electrons. The molecule has 3 aliphatic rings. The van der Waals surface area contributed by atoms with Crippen molar-refractivity contribution in [1.29, 1.82) is 0 Å². The van der Waals surface area contributed by atoms with Crippen molar-refractivity contribution in [2.45, 2.75) is 96.2 Å². The minimum atomic E-state index is -2.47. The Hall–Kier alpha value is -1.51. The number of ether oxygens (including phenoxy) is 4. The zero-order valence-corrected chi connectivity index (χ0v) is 22.1. The van der Waals surface area contributed by atoms with Crippen LogP contribution in [0.5, 0.6) is 0 Å². The lowest BCUT2D eigenvalue weighted by atomic mass is 9.75. The molecule has 0 spiro atoms. The monoisotopic (exact) mass is 519 g/mol. The molecule has 3 N–H and O–H groups in total. The van der Waals surface area contributed by atoms with E-state index in [1.54, 1.807) is 0 Å². The molecule has 200 valence electrons. The Bertz CT molecular complexity index is 814. The topological polar surface area (TPSA) is 134 Å². The molecule has 3 aliphatic carbocycles. The summed E-state index contributed by atoms with van der Waals surface area (Å²) in [5, 5.41) is 7.83. The minimum absolute atomic E-state index is 0.124. The van der Waals surface area contributed by atoms with Crippen molar-refractivity contribution in [3.63, 3.8) is 0 Å². The second-order valence-electron chi connectivity index (χ2n) is 10.6. The van der Waals surface area contributed by atoms with E-state index in [-0.39, 0.29) is 18.4 Å². The van der Waals surface area contributed by atoms with Gasteiger partial charge in [0.15, 0.2) is 0 Å². The van der Waals surface area contributed by atoms with Gasteiger partial charge in [-0.25, -0.2) is 18.8 Å². The van der Waals surface area contributed by atoms with E-state index in [1.807, 2.05) is 6.92 Å². The summed E-state index contributed by atoms with van der Waals surface area (Å²) in [7, 11) is -0.774. The van der Waals surface area contributed by atoms with E-state index in [0.717, 1.165) is 19.3 Å². The van der Waals surface area contributed by atoms with Gasteiger partial charge in [-0.3, -0.25) is 0 Å². The molecule has 0 amide bonds. The van der Waals surface area contributed by atoms with Gasteiger partial charge in [-0.05, 0) is 43.4 Å². The Morgan fingerprint density at radius 3 is 2.46 bits per heavy atom. The second kappa shape index (κ2) is 10.9. The molecule has 35 heavy (non-hydrogen) atoms. The molecule has 0 bridgehead atoms. The van der Waals surface area contributed by atoms with Crippen LogP contribution in [0.1, 0.15) is 66.7 Å². The van der Waals surface area contributed by atoms with Crippen LogP contribution in [0.25, 0.3) is 0 Å². The van der Waals surface area contributed by atoms with Gasteiger partial charge in [0.05, 0.1) is 11.4 Å². The van der Waals surface area contributed by atoms with Crippen molar-refractivity contribution in [3.05, 3.63) is 0 Å². The molecule has 0 heterocycles. The van der Waals surface area contributed by atoms with Gasteiger partial charge in [-0.15, -0.1) is 0 Å². The van der Waals surface area contributed by atoms with Gasteiger partial charge >= 0.3 is 17.8 Å². The summed E-state index contributed by atoms with van der Waals surface area (Å²) in [5.41, 5.74) is 3.18. The summed E-state index contributed by atoms with van der Waals surface area (Å²) in [6.45, 7) is 9.95. The number of carbonyl (C=O) groups excluding carboxylic acids is 2. The highest BCUT2D eigenvalue weighted by Gasteiger charge is 2.83. The highest BCUT2D eigenvalue weighted by atomic mass is 31.1. The fourth-order valence-corrected chi connectivity index (χ4v) is 7.38. The molecule has 0 aliphatic heterocycles. The summed E-state index contributed by atoms with van der Waals surface area (Å²) in [5.74, 6) is -2.39. The van der Waals surface area contributed by atoms with Gasteiger partial charge in [0, 0.05) is 33.9 Å². The average Bonchev–Trinajstić information content (AvgIpc) is 3.24. The maximum Gasteiger partial charge on any atom is 0.511 e. The van der Waals surface area contributed by atoms with Gasteiger partial charge < -0.3 is 29.8 Å². The number of alkyl halides is 1. The fourth-order valence-electron chi connectivity index (χ4n) is 5.87. The van der Waals surface area contributed by atoms with Crippen molar-refractivity contribution in [2.24, 2.45) is 35.3 Å². The Kier molecular flexibility index (Phi) is 8.70. The third kappa shape index (κ3) is 5.75. The molecule has 0 aromatic carbocycles. The maximum atomic E-state index is 15.0. The number of aliphatic carboxylic acids is 1. The molecule has 9 nitrogen and oxygen atoms in total. The lowest BCUT2D eigenvalue weighted by Gasteiger charge is -2.36. The predicted molar refractivity (Wildman–Crippen MR) is 127 cm³/mol. The number of rotatable bonds is 10. The van der Waals surface area contributed by atoms with Gasteiger partial charge in [0.1, 0.15) is 6.10 Å². The van der Waals surface area contributed by atoms with Crippen molar-refractivity contribution >= 4 is 26.4 Å². The smallest absolute Gasteiger partial charge is 0.479 e. The van der Waals surface area contributed by atoms with Gasteiger partial charge in [0.2, 0.25) is 12.0 Å². The number of halogens is 1. The number of carbonyl (C=O) groups is 3. The van der Waals surface area contributed by atoms with Crippen LogP contribution in [-0.2, 0) is 23.7 Å². The third-order valence-corrected chi connectivity index (χ3v) is 9.10. The number of fused-ring (bicyclic) bond motifs is 1. The van der Waals surface area contributed by atoms with Crippen LogP contribution in [0.2, 0.25) is 0 Å². The van der Waals surface area contributed by atoms with Crippen molar-refractivity contribution in [2.75, 3.05) is 6.61 Å². The summed E-state index contributed by atoms with van der Waals surface area (Å²) >= 11 is 0. The Labute approximate surface area is 207 Å². The van der Waals surface area contributed by atoms with Crippen LogP contribution in [0.4, 0.5) is 14.0 Å². The lowest BCUT2D eigenvalue weighted by molar-refractivity contribution is -0.147. The Morgan fingerprint density at radius 2 is 1.86 bits per heavy atom.